The first-order chi connectivity index (χ1) is 14.8. The summed E-state index contributed by atoms with van der Waals surface area (Å²) in [6.45, 7) is 2.62. The number of amides is 1. The van der Waals surface area contributed by atoms with Crippen LogP contribution in [-0.4, -0.2) is 36.6 Å². The first-order valence-electron chi connectivity index (χ1n) is 10.2. The van der Waals surface area contributed by atoms with Crippen LogP contribution in [-0.2, 0) is 16.1 Å². The van der Waals surface area contributed by atoms with Crippen molar-refractivity contribution in [3.63, 3.8) is 0 Å². The minimum absolute atomic E-state index is 0.0614. The van der Waals surface area contributed by atoms with Gasteiger partial charge in [-0.05, 0) is 48.6 Å². The number of thiophene rings is 1. The number of anilines is 1. The highest BCUT2D eigenvalue weighted by atomic mass is 32.1. The fraction of sp³-hybridized carbons (Fsp3) is 0.292. The second-order valence-electron chi connectivity index (χ2n) is 7.34. The summed E-state index contributed by atoms with van der Waals surface area (Å²) in [6, 6.07) is 21.2. The Morgan fingerprint density at radius 1 is 1.10 bits per heavy atom. The van der Waals surface area contributed by atoms with Crippen LogP contribution in [0.3, 0.4) is 0 Å². The lowest BCUT2D eigenvalue weighted by molar-refractivity contribution is -0.117. The molecular weight excluding hydrogens is 396 g/mol. The zero-order chi connectivity index (χ0) is 20.6. The van der Waals surface area contributed by atoms with Crippen molar-refractivity contribution in [1.82, 2.24) is 4.90 Å². The van der Waals surface area contributed by atoms with Crippen LogP contribution in [0.1, 0.15) is 17.7 Å². The Morgan fingerprint density at radius 2 is 1.93 bits per heavy atom. The molecular formula is C24H26N2O3S. The molecule has 0 bridgehead atoms. The summed E-state index contributed by atoms with van der Waals surface area (Å²) in [5.41, 5.74) is 0.666. The molecule has 2 aromatic carbocycles. The van der Waals surface area contributed by atoms with Gasteiger partial charge in [-0.2, -0.15) is 0 Å². The van der Waals surface area contributed by atoms with Crippen LogP contribution in [0, 0.1) is 0 Å². The minimum atomic E-state index is -0.0614. The number of hydrogen-bond donors (Lipinski definition) is 1. The van der Waals surface area contributed by atoms with E-state index in [0.29, 0.717) is 18.0 Å². The van der Waals surface area contributed by atoms with Crippen molar-refractivity contribution in [3.8, 4) is 11.5 Å². The van der Waals surface area contributed by atoms with E-state index in [9.17, 15) is 4.79 Å². The lowest BCUT2D eigenvalue weighted by Gasteiger charge is -2.24. The summed E-state index contributed by atoms with van der Waals surface area (Å²) >= 11 is 1.71. The molecule has 4 rings (SSSR count). The maximum atomic E-state index is 12.9. The van der Waals surface area contributed by atoms with Crippen LogP contribution in [0.2, 0.25) is 0 Å². The van der Waals surface area contributed by atoms with Crippen molar-refractivity contribution >= 4 is 22.9 Å². The van der Waals surface area contributed by atoms with Gasteiger partial charge >= 0.3 is 0 Å². The summed E-state index contributed by atoms with van der Waals surface area (Å²) in [5, 5.41) is 5.09. The molecule has 0 aliphatic carbocycles. The summed E-state index contributed by atoms with van der Waals surface area (Å²) in [7, 11) is 0. The Bertz CT molecular complexity index is 925. The van der Waals surface area contributed by atoms with Crippen molar-refractivity contribution < 1.29 is 14.3 Å². The van der Waals surface area contributed by atoms with E-state index < -0.39 is 0 Å². The lowest BCUT2D eigenvalue weighted by Crippen LogP contribution is -2.37. The van der Waals surface area contributed by atoms with Crippen molar-refractivity contribution in [2.75, 3.05) is 25.0 Å². The molecule has 6 heteroatoms. The van der Waals surface area contributed by atoms with E-state index >= 15 is 0 Å². The Balaban J connectivity index is 1.41. The molecule has 156 valence electrons. The van der Waals surface area contributed by atoms with Gasteiger partial charge in [0.15, 0.2) is 5.75 Å². The first kappa shape index (κ1) is 20.6. The Kier molecular flexibility index (Phi) is 7.13. The Labute approximate surface area is 181 Å². The topological polar surface area (TPSA) is 50.8 Å². The number of carbonyl (C=O) groups excluding carboxylic acids is 1. The molecule has 1 aliphatic rings. The van der Waals surface area contributed by atoms with Gasteiger partial charge in [-0.25, -0.2) is 0 Å². The number of rotatable bonds is 9. The average molecular weight is 423 g/mol. The summed E-state index contributed by atoms with van der Waals surface area (Å²) < 4.78 is 11.8. The van der Waals surface area contributed by atoms with E-state index in [4.69, 9.17) is 9.47 Å². The van der Waals surface area contributed by atoms with Crippen molar-refractivity contribution in [2.45, 2.75) is 25.5 Å². The van der Waals surface area contributed by atoms with Crippen molar-refractivity contribution in [1.29, 1.82) is 0 Å². The van der Waals surface area contributed by atoms with Crippen molar-refractivity contribution in [2.24, 2.45) is 0 Å². The number of para-hydroxylation sites is 3. The largest absolute Gasteiger partial charge is 0.455 e. The molecule has 3 aromatic rings. The molecule has 1 saturated heterocycles. The Hall–Kier alpha value is -2.67. The molecule has 0 radical (unpaired) electrons. The highest BCUT2D eigenvalue weighted by Gasteiger charge is 2.21. The maximum Gasteiger partial charge on any atom is 0.238 e. The fourth-order valence-electron chi connectivity index (χ4n) is 3.55. The van der Waals surface area contributed by atoms with E-state index in [-0.39, 0.29) is 12.0 Å². The number of nitrogens with one attached hydrogen (secondary N) is 1. The zero-order valence-electron chi connectivity index (χ0n) is 16.8. The monoisotopic (exact) mass is 422 g/mol. The third kappa shape index (κ3) is 5.92. The van der Waals surface area contributed by atoms with Crippen LogP contribution in [0.4, 0.5) is 5.69 Å². The highest BCUT2D eigenvalue weighted by molar-refractivity contribution is 7.09. The number of benzene rings is 2. The molecule has 1 fully saturated rings. The van der Waals surface area contributed by atoms with Gasteiger partial charge in [-0.15, -0.1) is 11.3 Å². The molecule has 1 N–H and O–H groups in total. The standard InChI is InChI=1S/C24H26N2O3S/c27-24(18-26(16-20-10-6-14-28-20)17-21-11-7-15-30-21)25-22-12-4-5-13-23(22)29-19-8-2-1-3-9-19/h1-5,7-9,11-13,15,20H,6,10,14,16-18H2,(H,25,27)/t20-/m1/s1. The molecule has 1 aliphatic heterocycles. The van der Waals surface area contributed by atoms with E-state index in [0.717, 1.165) is 38.3 Å². The van der Waals surface area contributed by atoms with Crippen LogP contribution >= 0.6 is 11.3 Å². The predicted molar refractivity (Wildman–Crippen MR) is 120 cm³/mol. The smallest absolute Gasteiger partial charge is 0.238 e. The fourth-order valence-corrected chi connectivity index (χ4v) is 4.30. The second-order valence-corrected chi connectivity index (χ2v) is 8.38. The minimum Gasteiger partial charge on any atom is -0.455 e. The number of carbonyl (C=O) groups is 1. The lowest BCUT2D eigenvalue weighted by atomic mass is 10.2. The van der Waals surface area contributed by atoms with Gasteiger partial charge in [0.25, 0.3) is 0 Å². The normalized spacial score (nSPS) is 16.0. The van der Waals surface area contributed by atoms with E-state index in [1.54, 1.807) is 11.3 Å². The molecule has 30 heavy (non-hydrogen) atoms. The van der Waals surface area contributed by atoms with Crippen LogP contribution in [0.15, 0.2) is 72.1 Å². The van der Waals surface area contributed by atoms with Gasteiger partial charge in [0.2, 0.25) is 5.91 Å². The molecule has 5 nitrogen and oxygen atoms in total. The van der Waals surface area contributed by atoms with Crippen LogP contribution in [0.5, 0.6) is 11.5 Å². The molecule has 1 atom stereocenters. The number of ether oxygens (including phenoxy) is 2. The summed E-state index contributed by atoms with van der Waals surface area (Å²) in [4.78, 5) is 16.3. The van der Waals surface area contributed by atoms with Gasteiger partial charge in [0.05, 0.1) is 18.3 Å². The predicted octanol–water partition coefficient (Wildman–Crippen LogP) is 5.16. The van der Waals surface area contributed by atoms with E-state index in [1.165, 1.54) is 4.88 Å². The van der Waals surface area contributed by atoms with E-state index in [1.807, 2.05) is 60.7 Å². The van der Waals surface area contributed by atoms with Gasteiger partial charge in [-0.3, -0.25) is 9.69 Å². The summed E-state index contributed by atoms with van der Waals surface area (Å²) in [6.07, 6.45) is 2.34. The number of nitrogens with zero attached hydrogens (tertiary/aromatic N) is 1. The number of hydrogen-bond acceptors (Lipinski definition) is 5. The van der Waals surface area contributed by atoms with Crippen LogP contribution in [0.25, 0.3) is 0 Å². The SMILES string of the molecule is O=C(CN(Cc1cccs1)C[C@H]1CCCO1)Nc1ccccc1Oc1ccccc1. The highest BCUT2D eigenvalue weighted by Crippen LogP contribution is 2.29. The van der Waals surface area contributed by atoms with Gasteiger partial charge in [0.1, 0.15) is 5.75 Å². The molecule has 0 spiro atoms. The third-order valence-electron chi connectivity index (χ3n) is 4.94. The molecule has 1 amide bonds. The van der Waals surface area contributed by atoms with Crippen molar-refractivity contribution in [3.05, 3.63) is 77.0 Å². The van der Waals surface area contributed by atoms with Gasteiger partial charge in [-0.1, -0.05) is 36.4 Å². The molecule has 0 unspecified atom stereocenters. The summed E-state index contributed by atoms with van der Waals surface area (Å²) in [5.74, 6) is 1.30. The molecule has 1 aromatic heterocycles. The third-order valence-corrected chi connectivity index (χ3v) is 5.81. The van der Waals surface area contributed by atoms with Gasteiger partial charge < -0.3 is 14.8 Å². The first-order valence-corrected chi connectivity index (χ1v) is 11.1. The second kappa shape index (κ2) is 10.4. The molecule has 0 saturated carbocycles. The maximum absolute atomic E-state index is 12.9. The Morgan fingerprint density at radius 3 is 2.70 bits per heavy atom. The average Bonchev–Trinajstić information content (AvgIpc) is 3.45. The quantitative estimate of drug-likeness (QED) is 0.517. The van der Waals surface area contributed by atoms with Crippen LogP contribution < -0.4 is 10.1 Å². The van der Waals surface area contributed by atoms with Gasteiger partial charge in [0, 0.05) is 24.6 Å². The van der Waals surface area contributed by atoms with E-state index in [2.05, 4.69) is 21.7 Å². The molecule has 2 heterocycles. The zero-order valence-corrected chi connectivity index (χ0v) is 17.6.